The van der Waals surface area contributed by atoms with Crippen molar-refractivity contribution >= 4 is 22.9 Å². The number of fused-ring (bicyclic) bond motifs is 2. The van der Waals surface area contributed by atoms with Gasteiger partial charge < -0.3 is 4.90 Å². The van der Waals surface area contributed by atoms with Crippen LogP contribution >= 0.6 is 11.3 Å². The molecule has 3 heterocycles. The third-order valence-corrected chi connectivity index (χ3v) is 6.98. The van der Waals surface area contributed by atoms with Crippen molar-refractivity contribution in [1.82, 2.24) is 4.90 Å². The van der Waals surface area contributed by atoms with Crippen molar-refractivity contribution in [3.63, 3.8) is 0 Å². The minimum absolute atomic E-state index is 0.285. The molecule has 0 radical (unpaired) electrons. The number of carbonyl (C=O) groups is 1. The van der Waals surface area contributed by atoms with Gasteiger partial charge in [-0.25, -0.2) is 0 Å². The van der Waals surface area contributed by atoms with Gasteiger partial charge in [0.1, 0.15) is 0 Å². The summed E-state index contributed by atoms with van der Waals surface area (Å²) in [6, 6.07) is 20.9. The van der Waals surface area contributed by atoms with Gasteiger partial charge in [0, 0.05) is 12.2 Å². The Bertz CT molecular complexity index is 959. The van der Waals surface area contributed by atoms with Crippen molar-refractivity contribution in [3.8, 4) is 0 Å². The number of likely N-dealkylation sites (tertiary alicyclic amines) is 1. The lowest BCUT2D eigenvalue weighted by Gasteiger charge is -2.38. The van der Waals surface area contributed by atoms with Crippen LogP contribution in [0.5, 0.6) is 0 Å². The van der Waals surface area contributed by atoms with E-state index in [1.807, 2.05) is 23.1 Å². The van der Waals surface area contributed by atoms with Crippen LogP contribution in [0.3, 0.4) is 0 Å². The van der Waals surface area contributed by atoms with E-state index in [9.17, 15) is 4.79 Å². The van der Waals surface area contributed by atoms with E-state index in [1.54, 1.807) is 11.3 Å². The van der Waals surface area contributed by atoms with Gasteiger partial charge in [-0.1, -0.05) is 48.5 Å². The fraction of sp³-hybridized carbons (Fsp3) is 0.292. The lowest BCUT2D eigenvalue weighted by Crippen LogP contribution is -2.48. The van der Waals surface area contributed by atoms with Crippen LogP contribution in [0, 0.1) is 0 Å². The zero-order valence-corrected chi connectivity index (χ0v) is 16.7. The largest absolute Gasteiger partial charge is 0.307 e. The number of hydrogen-bond acceptors (Lipinski definition) is 3. The van der Waals surface area contributed by atoms with Crippen LogP contribution in [-0.2, 0) is 23.3 Å². The van der Waals surface area contributed by atoms with Gasteiger partial charge in [0.05, 0.1) is 12.0 Å². The van der Waals surface area contributed by atoms with Crippen LogP contribution in [0.2, 0.25) is 0 Å². The Morgan fingerprint density at radius 1 is 0.857 bits per heavy atom. The second-order valence-corrected chi connectivity index (χ2v) is 8.66. The van der Waals surface area contributed by atoms with E-state index < -0.39 is 0 Å². The number of piperidine rings is 1. The molecule has 1 spiro atoms. The third-order valence-electron chi connectivity index (χ3n) is 6.24. The van der Waals surface area contributed by atoms with E-state index in [1.165, 1.54) is 16.7 Å². The van der Waals surface area contributed by atoms with Crippen LogP contribution in [-0.4, -0.2) is 23.9 Å². The molecule has 3 nitrogen and oxygen atoms in total. The molecule has 1 amide bonds. The number of thiophene rings is 1. The van der Waals surface area contributed by atoms with Crippen LogP contribution < -0.4 is 4.90 Å². The van der Waals surface area contributed by atoms with Gasteiger partial charge in [0.15, 0.2) is 0 Å². The summed E-state index contributed by atoms with van der Waals surface area (Å²) in [5, 5.41) is 4.36. The van der Waals surface area contributed by atoms with Crippen molar-refractivity contribution < 1.29 is 4.79 Å². The maximum Gasteiger partial charge on any atom is 0.238 e. The summed E-state index contributed by atoms with van der Waals surface area (Å²) in [6.07, 6.45) is 1.80. The number of amides is 1. The fourth-order valence-electron chi connectivity index (χ4n) is 4.74. The van der Waals surface area contributed by atoms with Gasteiger partial charge in [-0.2, -0.15) is 11.3 Å². The average molecular weight is 389 g/mol. The lowest BCUT2D eigenvalue weighted by molar-refractivity contribution is -0.125. The summed E-state index contributed by atoms with van der Waals surface area (Å²) in [7, 11) is 0. The highest BCUT2D eigenvalue weighted by molar-refractivity contribution is 7.07. The molecular formula is C24H24N2OS. The predicted molar refractivity (Wildman–Crippen MR) is 115 cm³/mol. The molecule has 0 bridgehead atoms. The first-order chi connectivity index (χ1) is 13.8. The van der Waals surface area contributed by atoms with E-state index in [0.29, 0.717) is 6.54 Å². The Morgan fingerprint density at radius 2 is 1.61 bits per heavy atom. The van der Waals surface area contributed by atoms with Gasteiger partial charge >= 0.3 is 0 Å². The minimum Gasteiger partial charge on any atom is -0.307 e. The molecule has 2 aliphatic heterocycles. The minimum atomic E-state index is -0.351. The lowest BCUT2D eigenvalue weighted by atomic mass is 9.73. The zero-order chi connectivity index (χ0) is 19.0. The Balaban J connectivity index is 1.40. The molecule has 3 aromatic rings. The summed E-state index contributed by atoms with van der Waals surface area (Å²) in [4.78, 5) is 18.2. The van der Waals surface area contributed by atoms with Crippen LogP contribution in [0.25, 0.3) is 0 Å². The number of nitrogens with zero attached hydrogens (tertiary/aromatic N) is 2. The van der Waals surface area contributed by atoms with Crippen molar-refractivity contribution in [2.24, 2.45) is 0 Å². The van der Waals surface area contributed by atoms with Crippen LogP contribution in [0.4, 0.5) is 5.69 Å². The smallest absolute Gasteiger partial charge is 0.238 e. The summed E-state index contributed by atoms with van der Waals surface area (Å²) < 4.78 is 0. The SMILES string of the molecule is O=C1N(Cc2ccccc2)c2ccccc2C12CCN(Cc1ccsc1)CC2. The van der Waals surface area contributed by atoms with Gasteiger partial charge in [-0.15, -0.1) is 0 Å². The Labute approximate surface area is 170 Å². The summed E-state index contributed by atoms with van der Waals surface area (Å²) in [6.45, 7) is 3.57. The molecule has 2 aromatic carbocycles. The number of hydrogen-bond donors (Lipinski definition) is 0. The highest BCUT2D eigenvalue weighted by Gasteiger charge is 2.51. The second-order valence-electron chi connectivity index (χ2n) is 7.88. The Hall–Kier alpha value is -2.43. The van der Waals surface area contributed by atoms with Crippen molar-refractivity contribution in [3.05, 3.63) is 88.1 Å². The normalized spacial score (nSPS) is 18.6. The topological polar surface area (TPSA) is 23.6 Å². The van der Waals surface area contributed by atoms with Crippen molar-refractivity contribution in [1.29, 1.82) is 0 Å². The monoisotopic (exact) mass is 388 g/mol. The molecule has 5 rings (SSSR count). The van der Waals surface area contributed by atoms with Crippen LogP contribution in [0.15, 0.2) is 71.4 Å². The summed E-state index contributed by atoms with van der Waals surface area (Å²) >= 11 is 1.75. The number of anilines is 1. The highest BCUT2D eigenvalue weighted by atomic mass is 32.1. The molecule has 142 valence electrons. The molecule has 2 aliphatic rings. The van der Waals surface area contributed by atoms with Crippen molar-refractivity contribution in [2.45, 2.75) is 31.3 Å². The predicted octanol–water partition coefficient (Wildman–Crippen LogP) is 4.83. The number of carbonyl (C=O) groups excluding carboxylic acids is 1. The van der Waals surface area contributed by atoms with E-state index in [-0.39, 0.29) is 11.3 Å². The molecular weight excluding hydrogens is 364 g/mol. The van der Waals surface area contributed by atoms with Gasteiger partial charge in [-0.05, 0) is 65.5 Å². The second kappa shape index (κ2) is 7.19. The summed E-state index contributed by atoms with van der Waals surface area (Å²) in [5.74, 6) is 0.285. The molecule has 4 heteroatoms. The van der Waals surface area contributed by atoms with E-state index >= 15 is 0 Å². The quantitative estimate of drug-likeness (QED) is 0.639. The van der Waals surface area contributed by atoms with Gasteiger partial charge in [-0.3, -0.25) is 9.69 Å². The molecule has 0 aliphatic carbocycles. The standard InChI is InChI=1S/C24H24N2OS/c27-23-24(11-13-25(14-12-24)16-20-10-15-28-18-20)21-8-4-5-9-22(21)26(23)17-19-6-2-1-3-7-19/h1-10,15,18H,11-14,16-17H2. The first kappa shape index (κ1) is 17.7. The molecule has 0 atom stereocenters. The molecule has 1 fully saturated rings. The zero-order valence-electron chi connectivity index (χ0n) is 15.9. The molecule has 0 N–H and O–H groups in total. The first-order valence-electron chi connectivity index (χ1n) is 9.95. The van der Waals surface area contributed by atoms with E-state index in [2.05, 4.69) is 58.1 Å². The molecule has 0 saturated carbocycles. The summed E-state index contributed by atoms with van der Waals surface area (Å²) in [5.41, 5.74) is 4.53. The molecule has 28 heavy (non-hydrogen) atoms. The molecule has 0 unspecified atom stereocenters. The number of benzene rings is 2. The maximum absolute atomic E-state index is 13.7. The fourth-order valence-corrected chi connectivity index (χ4v) is 5.40. The third kappa shape index (κ3) is 2.97. The number of para-hydroxylation sites is 1. The van der Waals surface area contributed by atoms with Gasteiger partial charge in [0.2, 0.25) is 5.91 Å². The van der Waals surface area contributed by atoms with E-state index in [0.717, 1.165) is 38.2 Å². The molecule has 1 saturated heterocycles. The van der Waals surface area contributed by atoms with E-state index in [4.69, 9.17) is 0 Å². The Morgan fingerprint density at radius 3 is 2.36 bits per heavy atom. The maximum atomic E-state index is 13.7. The average Bonchev–Trinajstić information content (AvgIpc) is 3.33. The van der Waals surface area contributed by atoms with Gasteiger partial charge in [0.25, 0.3) is 0 Å². The highest BCUT2D eigenvalue weighted by Crippen LogP contribution is 2.48. The van der Waals surface area contributed by atoms with Crippen LogP contribution in [0.1, 0.15) is 29.5 Å². The number of rotatable bonds is 4. The molecule has 1 aromatic heterocycles. The Kier molecular flexibility index (Phi) is 4.53. The first-order valence-corrected chi connectivity index (χ1v) is 10.9. The van der Waals surface area contributed by atoms with Crippen molar-refractivity contribution in [2.75, 3.05) is 18.0 Å².